The summed E-state index contributed by atoms with van der Waals surface area (Å²) in [6.45, 7) is 2.33. The van der Waals surface area contributed by atoms with Crippen molar-refractivity contribution in [2.75, 3.05) is 0 Å². The zero-order valence-corrected chi connectivity index (χ0v) is 22.9. The highest BCUT2D eigenvalue weighted by molar-refractivity contribution is 5.98. The van der Waals surface area contributed by atoms with Crippen LogP contribution < -0.4 is 0 Å². The van der Waals surface area contributed by atoms with Gasteiger partial charge < -0.3 is 9.94 Å². The molecule has 0 spiro atoms. The Hall–Kier alpha value is -3.98. The van der Waals surface area contributed by atoms with E-state index in [1.165, 1.54) is 11.1 Å². The Morgan fingerprint density at radius 2 is 1.80 bits per heavy atom. The van der Waals surface area contributed by atoms with Crippen molar-refractivity contribution in [2.24, 2.45) is 22.4 Å². The molecule has 40 heavy (non-hydrogen) atoms. The molecule has 204 valence electrons. The van der Waals surface area contributed by atoms with Gasteiger partial charge in [-0.3, -0.25) is 0 Å². The molecule has 2 saturated carbocycles. The number of nitriles is 1. The Bertz CT molecular complexity index is 1500. The molecule has 0 unspecified atom stereocenters. The topological polar surface area (TPSA) is 99.8 Å². The van der Waals surface area contributed by atoms with Gasteiger partial charge in [-0.2, -0.15) is 5.26 Å². The summed E-state index contributed by atoms with van der Waals surface area (Å²) in [6, 6.07) is 18.7. The fourth-order valence-electron chi connectivity index (χ4n) is 8.53. The predicted molar refractivity (Wildman–Crippen MR) is 152 cm³/mol. The van der Waals surface area contributed by atoms with E-state index in [0.29, 0.717) is 29.4 Å². The van der Waals surface area contributed by atoms with Crippen molar-refractivity contribution in [1.29, 1.82) is 5.26 Å². The van der Waals surface area contributed by atoms with E-state index in [9.17, 15) is 20.0 Å². The van der Waals surface area contributed by atoms with Gasteiger partial charge >= 0.3 is 11.9 Å². The highest BCUT2D eigenvalue weighted by Crippen LogP contribution is 2.68. The molecule has 0 aromatic heterocycles. The fourth-order valence-corrected chi connectivity index (χ4v) is 8.53. The van der Waals surface area contributed by atoms with Crippen molar-refractivity contribution < 1.29 is 19.5 Å². The smallest absolute Gasteiger partial charge is 0.365 e. The lowest BCUT2D eigenvalue weighted by atomic mass is 9.50. The van der Waals surface area contributed by atoms with Crippen LogP contribution in [0.15, 0.2) is 82.5 Å². The molecule has 0 amide bonds. The minimum atomic E-state index is -0.917. The summed E-state index contributed by atoms with van der Waals surface area (Å²) in [7, 11) is 0. The van der Waals surface area contributed by atoms with Gasteiger partial charge in [-0.15, -0.1) is 0 Å². The number of oxime groups is 1. The fraction of sp³-hybridized carbons (Fsp3) is 0.412. The molecular weight excluding hydrogens is 500 g/mol. The van der Waals surface area contributed by atoms with E-state index in [1.807, 2.05) is 18.2 Å². The maximum Gasteiger partial charge on any atom is 0.365 e. The zero-order chi connectivity index (χ0) is 27.9. The number of fused-ring (bicyclic) bond motifs is 4. The molecule has 4 aliphatic rings. The van der Waals surface area contributed by atoms with Gasteiger partial charge in [-0.1, -0.05) is 54.1 Å². The molecule has 6 heteroatoms. The Morgan fingerprint density at radius 3 is 2.58 bits per heavy atom. The largest absolute Gasteiger partial charge is 0.478 e. The van der Waals surface area contributed by atoms with Gasteiger partial charge in [0.15, 0.2) is 0 Å². The third kappa shape index (κ3) is 4.11. The summed E-state index contributed by atoms with van der Waals surface area (Å²) in [6.07, 6.45) is 9.88. The number of carboxylic acids is 1. The Balaban J connectivity index is 1.29. The van der Waals surface area contributed by atoms with Crippen LogP contribution in [-0.4, -0.2) is 22.8 Å². The molecule has 0 radical (unpaired) electrons. The Kier molecular flexibility index (Phi) is 6.70. The molecule has 0 saturated heterocycles. The van der Waals surface area contributed by atoms with Gasteiger partial charge in [0.25, 0.3) is 0 Å². The van der Waals surface area contributed by atoms with Crippen molar-refractivity contribution in [1.82, 2.24) is 0 Å². The molecule has 0 bridgehead atoms. The number of aromatic carboxylic acids is 1. The van der Waals surface area contributed by atoms with E-state index < -0.39 is 17.4 Å². The number of allylic oxidation sites excluding steroid dienone is 4. The lowest BCUT2D eigenvalue weighted by Crippen LogP contribution is -2.48. The highest BCUT2D eigenvalue weighted by Gasteiger charge is 2.62. The van der Waals surface area contributed by atoms with Crippen molar-refractivity contribution in [3.05, 3.63) is 94.1 Å². The average Bonchev–Trinajstić information content (AvgIpc) is 3.29. The third-order valence-corrected chi connectivity index (χ3v) is 10.4. The number of nitrogens with zero attached hydrogens (tertiary/aromatic N) is 2. The molecule has 2 aromatic carbocycles. The third-order valence-electron chi connectivity index (χ3n) is 10.4. The highest BCUT2D eigenvalue weighted by atomic mass is 16.7. The van der Waals surface area contributed by atoms with Crippen molar-refractivity contribution >= 4 is 17.7 Å². The van der Waals surface area contributed by atoms with E-state index in [1.54, 1.807) is 42.0 Å². The van der Waals surface area contributed by atoms with Crippen molar-refractivity contribution in [3.63, 3.8) is 0 Å². The molecule has 1 N–H and O–H groups in total. The molecule has 0 aliphatic heterocycles. The minimum Gasteiger partial charge on any atom is -0.478 e. The van der Waals surface area contributed by atoms with Crippen LogP contribution >= 0.6 is 0 Å². The predicted octanol–water partition coefficient (Wildman–Crippen LogP) is 7.39. The summed E-state index contributed by atoms with van der Waals surface area (Å²) in [5.41, 5.74) is 6.19. The monoisotopic (exact) mass is 534 g/mol. The number of benzene rings is 2. The lowest BCUT2D eigenvalue weighted by molar-refractivity contribution is 0.0514. The summed E-state index contributed by atoms with van der Waals surface area (Å²) in [5.74, 6) is -0.488. The second kappa shape index (κ2) is 10.2. The number of hydrogen-bond acceptors (Lipinski definition) is 5. The molecule has 4 atom stereocenters. The zero-order valence-electron chi connectivity index (χ0n) is 22.9. The van der Waals surface area contributed by atoms with Crippen LogP contribution in [0.3, 0.4) is 0 Å². The maximum absolute atomic E-state index is 12.3. The van der Waals surface area contributed by atoms with Gasteiger partial charge in [0.05, 0.1) is 22.9 Å². The quantitative estimate of drug-likeness (QED) is 0.318. The molecule has 0 heterocycles. The van der Waals surface area contributed by atoms with Gasteiger partial charge in [0.1, 0.15) is 0 Å². The van der Waals surface area contributed by atoms with Crippen LogP contribution in [0.1, 0.15) is 91.0 Å². The lowest BCUT2D eigenvalue weighted by Gasteiger charge is -2.54. The van der Waals surface area contributed by atoms with Gasteiger partial charge in [0, 0.05) is 11.8 Å². The van der Waals surface area contributed by atoms with Crippen LogP contribution in [0, 0.1) is 28.6 Å². The van der Waals surface area contributed by atoms with Crippen LogP contribution in [-0.2, 0) is 10.3 Å². The number of carbonyl (C=O) groups excluding carboxylic acids is 1. The molecule has 6 rings (SSSR count). The summed E-state index contributed by atoms with van der Waals surface area (Å²) in [4.78, 5) is 29.8. The molecule has 2 fully saturated rings. The second-order valence-corrected chi connectivity index (χ2v) is 12.0. The first-order valence-corrected chi connectivity index (χ1v) is 14.3. The summed E-state index contributed by atoms with van der Waals surface area (Å²) < 4.78 is 0. The van der Waals surface area contributed by atoms with Crippen LogP contribution in [0.4, 0.5) is 0 Å². The number of carboxylic acid groups (broad SMARTS) is 1. The van der Waals surface area contributed by atoms with Crippen molar-refractivity contribution in [3.8, 4) is 6.07 Å². The molecular formula is C34H34N2O4. The Labute approximate surface area is 235 Å². The van der Waals surface area contributed by atoms with E-state index in [2.05, 4.69) is 24.2 Å². The first-order valence-electron chi connectivity index (χ1n) is 14.3. The van der Waals surface area contributed by atoms with E-state index in [4.69, 9.17) is 4.84 Å². The molecule has 2 aromatic rings. The van der Waals surface area contributed by atoms with E-state index in [0.717, 1.165) is 62.6 Å². The normalized spacial score (nSPS) is 30.0. The second-order valence-electron chi connectivity index (χ2n) is 12.0. The van der Waals surface area contributed by atoms with Gasteiger partial charge in [-0.05, 0) is 110 Å². The standard InChI is InChI=1S/C34H34N2O4/c1-33-17-15-26-25-14-12-24(36-40-32(39)22-7-3-2-4-8-22)21-23(25)11-13-27(26)29(33)16-18-34(33,19-20-35)30-10-6-5-9-28(30)31(37)38/h2-10,21,27,29H,11-19H2,1H3,(H,37,38)/b36-24-/t27-,29+,33+,34+/m1/s1. The van der Waals surface area contributed by atoms with Crippen LogP contribution in [0.25, 0.3) is 0 Å². The van der Waals surface area contributed by atoms with Crippen molar-refractivity contribution in [2.45, 2.75) is 70.1 Å². The molecule has 6 nitrogen and oxygen atoms in total. The first kappa shape index (κ1) is 26.3. The van der Waals surface area contributed by atoms with Crippen LogP contribution in [0.5, 0.6) is 0 Å². The minimum absolute atomic E-state index is 0.142. The van der Waals surface area contributed by atoms with Gasteiger partial charge in [-0.25, -0.2) is 9.59 Å². The van der Waals surface area contributed by atoms with Gasteiger partial charge in [0.2, 0.25) is 0 Å². The number of hydrogen-bond donors (Lipinski definition) is 1. The number of carbonyl (C=O) groups is 2. The number of rotatable bonds is 5. The summed E-state index contributed by atoms with van der Waals surface area (Å²) in [5, 5.41) is 24.2. The maximum atomic E-state index is 12.3. The van der Waals surface area contributed by atoms with Crippen LogP contribution in [0.2, 0.25) is 0 Å². The first-order chi connectivity index (χ1) is 19.4. The van der Waals surface area contributed by atoms with E-state index >= 15 is 0 Å². The average molecular weight is 535 g/mol. The molecule has 4 aliphatic carbocycles. The Morgan fingerprint density at radius 1 is 1.02 bits per heavy atom. The summed E-state index contributed by atoms with van der Waals surface area (Å²) >= 11 is 0. The SMILES string of the molecule is C[C@]12CCC3=C4CC/C(=N/OC(=O)c5ccccc5)C=C4CC[C@H]3[C@@H]1CC[C@]2(CC#N)c1ccccc1C(=O)O. The van der Waals surface area contributed by atoms with E-state index in [-0.39, 0.29) is 5.41 Å².